The van der Waals surface area contributed by atoms with Gasteiger partial charge in [-0.3, -0.25) is 15.0 Å². The Labute approximate surface area is 93.9 Å². The molecule has 0 aromatic rings. The van der Waals surface area contributed by atoms with Gasteiger partial charge in [-0.2, -0.15) is 5.01 Å². The molecule has 0 saturated heterocycles. The summed E-state index contributed by atoms with van der Waals surface area (Å²) in [6.07, 6.45) is -0.960. The molecule has 0 aromatic heterocycles. The van der Waals surface area contributed by atoms with Crippen molar-refractivity contribution in [3.8, 4) is 0 Å². The Balaban J connectivity index is 4.70. The second-order valence-corrected chi connectivity index (χ2v) is 4.08. The van der Waals surface area contributed by atoms with Gasteiger partial charge in [-0.1, -0.05) is 0 Å². The number of hydrogen-bond acceptors (Lipinski definition) is 5. The molecule has 7 nitrogen and oxygen atoms in total. The maximum atomic E-state index is 11.5. The molecule has 0 radical (unpaired) electrons. The van der Waals surface area contributed by atoms with E-state index in [9.17, 15) is 14.4 Å². The number of nitrogens with one attached hydrogen (secondary N) is 1. The maximum Gasteiger partial charge on any atom is 0.436 e. The van der Waals surface area contributed by atoms with Crippen LogP contribution in [0.4, 0.5) is 4.79 Å². The van der Waals surface area contributed by atoms with Crippen LogP contribution in [0, 0.1) is 0 Å². The fraction of sp³-hybridized carbons (Fsp3) is 0.667. The lowest BCUT2D eigenvalue weighted by atomic mass is 10.2. The van der Waals surface area contributed by atoms with E-state index >= 15 is 0 Å². The average molecular weight is 231 g/mol. The van der Waals surface area contributed by atoms with E-state index in [1.165, 1.54) is 6.92 Å². The van der Waals surface area contributed by atoms with Crippen LogP contribution in [0.3, 0.4) is 0 Å². The highest BCUT2D eigenvalue weighted by atomic mass is 16.6. The van der Waals surface area contributed by atoms with Crippen molar-refractivity contribution in [2.45, 2.75) is 33.3 Å². The predicted molar refractivity (Wildman–Crippen MR) is 56.0 cm³/mol. The highest BCUT2D eigenvalue weighted by Gasteiger charge is 2.27. The molecule has 0 rings (SSSR count). The van der Waals surface area contributed by atoms with Crippen molar-refractivity contribution in [3.05, 3.63) is 0 Å². The van der Waals surface area contributed by atoms with E-state index in [-0.39, 0.29) is 0 Å². The number of hydrazine groups is 1. The highest BCUT2D eigenvalue weighted by molar-refractivity contribution is 5.95. The average Bonchev–Trinajstić information content (AvgIpc) is 2.09. The van der Waals surface area contributed by atoms with Crippen LogP contribution in [-0.4, -0.2) is 35.1 Å². The molecule has 0 aromatic carbocycles. The first kappa shape index (κ1) is 14.4. The van der Waals surface area contributed by atoms with E-state index in [1.807, 2.05) is 5.43 Å². The molecule has 0 unspecified atom stereocenters. The quantitative estimate of drug-likeness (QED) is 0.606. The normalized spacial score (nSPS) is 10.6. The lowest BCUT2D eigenvalue weighted by molar-refractivity contribution is -0.138. The van der Waals surface area contributed by atoms with Crippen molar-refractivity contribution in [1.82, 2.24) is 10.4 Å². The Kier molecular flexibility index (Phi) is 4.90. The largest absolute Gasteiger partial charge is 0.442 e. The van der Waals surface area contributed by atoms with Crippen molar-refractivity contribution in [2.24, 2.45) is 5.73 Å². The van der Waals surface area contributed by atoms with Crippen LogP contribution in [0.2, 0.25) is 0 Å². The maximum absolute atomic E-state index is 11.5. The van der Waals surface area contributed by atoms with Gasteiger partial charge in [0.05, 0.1) is 6.54 Å². The Bertz CT molecular complexity index is 296. The topological polar surface area (TPSA) is 102 Å². The third-order valence-electron chi connectivity index (χ3n) is 1.27. The molecule has 0 saturated carbocycles. The third-order valence-corrected chi connectivity index (χ3v) is 1.27. The minimum Gasteiger partial charge on any atom is -0.442 e. The SMILES string of the molecule is CC(=O)NN(C(=O)CN)C(=O)OC(C)(C)C. The van der Waals surface area contributed by atoms with E-state index < -0.39 is 30.1 Å². The van der Waals surface area contributed by atoms with Crippen LogP contribution >= 0.6 is 0 Å². The van der Waals surface area contributed by atoms with Crippen LogP contribution < -0.4 is 11.2 Å². The first-order valence-corrected chi connectivity index (χ1v) is 4.70. The van der Waals surface area contributed by atoms with Gasteiger partial charge < -0.3 is 10.5 Å². The van der Waals surface area contributed by atoms with Crippen molar-refractivity contribution in [2.75, 3.05) is 6.54 Å². The number of nitrogens with zero attached hydrogens (tertiary/aromatic N) is 1. The summed E-state index contributed by atoms with van der Waals surface area (Å²) in [7, 11) is 0. The number of amides is 3. The predicted octanol–water partition coefficient (Wildman–Crippen LogP) is -0.240. The zero-order valence-corrected chi connectivity index (χ0v) is 9.86. The molecule has 16 heavy (non-hydrogen) atoms. The van der Waals surface area contributed by atoms with Gasteiger partial charge in [0.25, 0.3) is 5.91 Å². The summed E-state index contributed by atoms with van der Waals surface area (Å²) in [4.78, 5) is 33.6. The van der Waals surface area contributed by atoms with Gasteiger partial charge in [0, 0.05) is 6.92 Å². The second kappa shape index (κ2) is 5.45. The molecule has 7 heteroatoms. The van der Waals surface area contributed by atoms with Crippen LogP contribution in [0.15, 0.2) is 0 Å². The third kappa shape index (κ3) is 5.30. The molecule has 92 valence electrons. The lowest BCUT2D eigenvalue weighted by Crippen LogP contribution is -2.52. The summed E-state index contributed by atoms with van der Waals surface area (Å²) in [6.45, 7) is 5.69. The summed E-state index contributed by atoms with van der Waals surface area (Å²) in [5.41, 5.74) is 6.38. The molecule has 0 spiro atoms. The van der Waals surface area contributed by atoms with Gasteiger partial charge in [0.15, 0.2) is 0 Å². The van der Waals surface area contributed by atoms with Crippen LogP contribution in [0.5, 0.6) is 0 Å². The zero-order chi connectivity index (χ0) is 12.9. The van der Waals surface area contributed by atoms with Crippen LogP contribution in [-0.2, 0) is 14.3 Å². The Morgan fingerprint density at radius 1 is 1.31 bits per heavy atom. The van der Waals surface area contributed by atoms with Crippen molar-refractivity contribution < 1.29 is 19.1 Å². The Hall–Kier alpha value is -1.63. The molecule has 0 atom stereocenters. The Morgan fingerprint density at radius 3 is 2.12 bits per heavy atom. The highest BCUT2D eigenvalue weighted by Crippen LogP contribution is 2.08. The van der Waals surface area contributed by atoms with Crippen LogP contribution in [0.1, 0.15) is 27.7 Å². The minimum atomic E-state index is -0.960. The van der Waals surface area contributed by atoms with Crippen LogP contribution in [0.25, 0.3) is 0 Å². The monoisotopic (exact) mass is 231 g/mol. The fourth-order valence-electron chi connectivity index (χ4n) is 0.766. The molecule has 0 aliphatic heterocycles. The van der Waals surface area contributed by atoms with Crippen molar-refractivity contribution >= 4 is 17.9 Å². The molecule has 0 fully saturated rings. The molecular formula is C9H17N3O4. The standard InChI is InChI=1S/C9H17N3O4/c1-6(13)11-12(7(14)5-10)8(15)16-9(2,3)4/h5,10H2,1-4H3,(H,11,13). The number of rotatable bonds is 1. The summed E-state index contributed by atoms with van der Waals surface area (Å²) >= 11 is 0. The molecule has 0 heterocycles. The molecule has 0 aliphatic rings. The molecule has 0 bridgehead atoms. The second-order valence-electron chi connectivity index (χ2n) is 4.08. The van der Waals surface area contributed by atoms with Gasteiger partial charge in [0.2, 0.25) is 5.91 Å². The number of hydrogen-bond donors (Lipinski definition) is 2. The summed E-state index contributed by atoms with van der Waals surface area (Å²) in [5.74, 6) is -1.31. The van der Waals surface area contributed by atoms with Crippen molar-refractivity contribution in [1.29, 1.82) is 0 Å². The fourth-order valence-corrected chi connectivity index (χ4v) is 0.766. The minimum absolute atomic E-state index is 0.403. The van der Waals surface area contributed by atoms with Crippen molar-refractivity contribution in [3.63, 3.8) is 0 Å². The van der Waals surface area contributed by atoms with E-state index in [0.29, 0.717) is 5.01 Å². The smallest absolute Gasteiger partial charge is 0.436 e. The van der Waals surface area contributed by atoms with Gasteiger partial charge in [-0.05, 0) is 20.8 Å². The number of ether oxygens (including phenoxy) is 1. The molecular weight excluding hydrogens is 214 g/mol. The number of carbonyl (C=O) groups excluding carboxylic acids is 3. The summed E-state index contributed by atoms with van der Waals surface area (Å²) in [5, 5.41) is 0.466. The van der Waals surface area contributed by atoms with Gasteiger partial charge in [0.1, 0.15) is 5.60 Å². The van der Waals surface area contributed by atoms with Gasteiger partial charge >= 0.3 is 6.09 Å². The Morgan fingerprint density at radius 2 is 1.81 bits per heavy atom. The number of carbonyl (C=O) groups is 3. The summed E-state index contributed by atoms with van der Waals surface area (Å²) in [6, 6.07) is 0. The van der Waals surface area contributed by atoms with Gasteiger partial charge in [-0.25, -0.2) is 4.79 Å². The molecule has 3 amide bonds. The van der Waals surface area contributed by atoms with E-state index in [4.69, 9.17) is 10.5 Å². The first-order valence-electron chi connectivity index (χ1n) is 4.70. The zero-order valence-electron chi connectivity index (χ0n) is 9.86. The first-order chi connectivity index (χ1) is 7.17. The van der Waals surface area contributed by atoms with Gasteiger partial charge in [-0.15, -0.1) is 0 Å². The van der Waals surface area contributed by atoms with E-state index in [2.05, 4.69) is 0 Å². The summed E-state index contributed by atoms with van der Waals surface area (Å²) < 4.78 is 4.92. The lowest BCUT2D eigenvalue weighted by Gasteiger charge is -2.25. The molecule has 0 aliphatic carbocycles. The molecule has 3 N–H and O–H groups in total. The van der Waals surface area contributed by atoms with E-state index in [0.717, 1.165) is 0 Å². The number of nitrogens with two attached hydrogens (primary N) is 1. The van der Waals surface area contributed by atoms with E-state index in [1.54, 1.807) is 20.8 Å². The number of imide groups is 1.